The van der Waals surface area contributed by atoms with Crippen molar-refractivity contribution in [1.29, 1.82) is 0 Å². The van der Waals surface area contributed by atoms with E-state index in [9.17, 15) is 9.59 Å². The first-order valence-corrected chi connectivity index (χ1v) is 10.1. The van der Waals surface area contributed by atoms with Gasteiger partial charge in [-0.05, 0) is 30.5 Å². The molecule has 0 atom stereocenters. The topological polar surface area (TPSA) is 68.4 Å². The molecule has 0 saturated heterocycles. The van der Waals surface area contributed by atoms with Gasteiger partial charge in [0.1, 0.15) is 17.9 Å². The van der Waals surface area contributed by atoms with Crippen LogP contribution in [0, 0.1) is 6.92 Å². The van der Waals surface area contributed by atoms with Gasteiger partial charge in [-0.1, -0.05) is 13.0 Å². The van der Waals surface area contributed by atoms with Crippen molar-refractivity contribution < 1.29 is 4.79 Å². The van der Waals surface area contributed by atoms with Crippen LogP contribution in [0.15, 0.2) is 34.4 Å². The number of nitrogens with one attached hydrogen (secondary N) is 1. The molecule has 1 amide bonds. The zero-order valence-corrected chi connectivity index (χ0v) is 16.1. The van der Waals surface area contributed by atoms with E-state index in [1.54, 1.807) is 22.7 Å². The lowest BCUT2D eigenvalue weighted by Crippen LogP contribution is -2.34. The van der Waals surface area contributed by atoms with E-state index in [1.807, 2.05) is 34.9 Å². The Morgan fingerprint density at radius 1 is 1.31 bits per heavy atom. The fourth-order valence-electron chi connectivity index (χ4n) is 3.04. The number of rotatable bonds is 5. The lowest BCUT2D eigenvalue weighted by Gasteiger charge is -2.10. The van der Waals surface area contributed by atoms with Gasteiger partial charge in [-0.2, -0.15) is 5.10 Å². The fraction of sp³-hybridized carbons (Fsp3) is 0.278. The first-order chi connectivity index (χ1) is 12.6. The lowest BCUT2D eigenvalue weighted by atomic mass is 10.4. The van der Waals surface area contributed by atoms with E-state index < -0.39 is 0 Å². The molecule has 0 aliphatic carbocycles. The van der Waals surface area contributed by atoms with Gasteiger partial charge in [0.2, 0.25) is 5.91 Å². The van der Waals surface area contributed by atoms with Crippen LogP contribution in [-0.2, 0) is 24.3 Å². The molecule has 26 heavy (non-hydrogen) atoms. The molecule has 0 spiro atoms. The van der Waals surface area contributed by atoms with Crippen LogP contribution in [0.4, 0.5) is 0 Å². The first kappa shape index (κ1) is 17.0. The number of aryl methyl sites for hydroxylation is 2. The molecule has 0 aliphatic rings. The predicted octanol–water partition coefficient (Wildman–Crippen LogP) is 2.96. The van der Waals surface area contributed by atoms with Crippen LogP contribution in [0.3, 0.4) is 0 Å². The van der Waals surface area contributed by atoms with E-state index in [1.165, 1.54) is 9.56 Å². The van der Waals surface area contributed by atoms with Crippen LogP contribution in [0.25, 0.3) is 15.7 Å². The smallest absolute Gasteiger partial charge is 0.291 e. The van der Waals surface area contributed by atoms with Crippen LogP contribution < -0.4 is 10.9 Å². The Morgan fingerprint density at radius 3 is 2.88 bits per heavy atom. The van der Waals surface area contributed by atoms with Crippen LogP contribution in [-0.4, -0.2) is 20.1 Å². The van der Waals surface area contributed by atoms with Crippen molar-refractivity contribution in [3.05, 3.63) is 55.6 Å². The second-order valence-corrected chi connectivity index (χ2v) is 8.38. The maximum Gasteiger partial charge on any atom is 0.291 e. The summed E-state index contributed by atoms with van der Waals surface area (Å²) < 4.78 is 4.26. The van der Waals surface area contributed by atoms with Gasteiger partial charge in [-0.15, -0.1) is 22.7 Å². The molecule has 4 heterocycles. The van der Waals surface area contributed by atoms with Gasteiger partial charge in [0.15, 0.2) is 0 Å². The summed E-state index contributed by atoms with van der Waals surface area (Å²) in [4.78, 5) is 27.3. The minimum absolute atomic E-state index is 0.0778. The zero-order valence-electron chi connectivity index (χ0n) is 14.5. The molecule has 0 bridgehead atoms. The van der Waals surface area contributed by atoms with Gasteiger partial charge in [0.25, 0.3) is 5.56 Å². The summed E-state index contributed by atoms with van der Waals surface area (Å²) in [7, 11) is 0. The van der Waals surface area contributed by atoms with Crippen LogP contribution in [0.2, 0.25) is 0 Å². The SMILES string of the molecule is CCc1nn(CC(=O)NCc2cccs2)c(=O)c2cc3sc(C)cc3n12. The number of nitrogens with zero attached hydrogens (tertiary/aromatic N) is 3. The summed E-state index contributed by atoms with van der Waals surface area (Å²) in [6.07, 6.45) is 0.673. The van der Waals surface area contributed by atoms with E-state index in [2.05, 4.69) is 23.4 Å². The van der Waals surface area contributed by atoms with Gasteiger partial charge in [-0.3, -0.25) is 14.0 Å². The molecule has 4 rings (SSSR count). The summed E-state index contributed by atoms with van der Waals surface area (Å²) in [5.41, 5.74) is 1.34. The lowest BCUT2D eigenvalue weighted by molar-refractivity contribution is -0.122. The Balaban J connectivity index is 1.68. The van der Waals surface area contributed by atoms with Crippen LogP contribution in [0.1, 0.15) is 22.5 Å². The second kappa shape index (κ2) is 6.69. The average Bonchev–Trinajstić information content (AvgIpc) is 3.31. The number of hydrogen-bond acceptors (Lipinski definition) is 5. The summed E-state index contributed by atoms with van der Waals surface area (Å²) in [6, 6.07) is 7.88. The van der Waals surface area contributed by atoms with Crippen molar-refractivity contribution in [1.82, 2.24) is 19.5 Å². The molecule has 1 N–H and O–H groups in total. The molecule has 0 aliphatic heterocycles. The fourth-order valence-corrected chi connectivity index (χ4v) is 4.63. The quantitative estimate of drug-likeness (QED) is 0.573. The molecule has 8 heteroatoms. The Bertz CT molecular complexity index is 1150. The number of fused-ring (bicyclic) bond motifs is 3. The third-order valence-electron chi connectivity index (χ3n) is 4.21. The third-order valence-corrected chi connectivity index (χ3v) is 6.07. The molecule has 4 aromatic heterocycles. The first-order valence-electron chi connectivity index (χ1n) is 8.37. The van der Waals surface area contributed by atoms with Gasteiger partial charge in [0.05, 0.1) is 16.8 Å². The van der Waals surface area contributed by atoms with Crippen molar-refractivity contribution in [2.45, 2.75) is 33.4 Å². The molecule has 0 fully saturated rings. The molecule has 6 nitrogen and oxygen atoms in total. The Labute approximate surface area is 157 Å². The van der Waals surface area contributed by atoms with Gasteiger partial charge in [0, 0.05) is 16.2 Å². The minimum Gasteiger partial charge on any atom is -0.350 e. The number of carbonyl (C=O) groups is 1. The van der Waals surface area contributed by atoms with Crippen molar-refractivity contribution >= 4 is 44.3 Å². The van der Waals surface area contributed by atoms with Crippen LogP contribution >= 0.6 is 22.7 Å². The molecule has 134 valence electrons. The Morgan fingerprint density at radius 2 is 2.15 bits per heavy atom. The molecular weight excluding hydrogens is 368 g/mol. The van der Waals surface area contributed by atoms with Crippen molar-refractivity contribution in [3.63, 3.8) is 0 Å². The molecule has 0 unspecified atom stereocenters. The molecule has 0 radical (unpaired) electrons. The van der Waals surface area contributed by atoms with Crippen molar-refractivity contribution in [2.75, 3.05) is 0 Å². The van der Waals surface area contributed by atoms with Crippen molar-refractivity contribution in [3.8, 4) is 0 Å². The highest BCUT2D eigenvalue weighted by atomic mass is 32.1. The second-order valence-electron chi connectivity index (χ2n) is 6.06. The monoisotopic (exact) mass is 386 g/mol. The normalized spacial score (nSPS) is 11.5. The number of aromatic nitrogens is 3. The molecule has 0 aromatic carbocycles. The highest BCUT2D eigenvalue weighted by Gasteiger charge is 2.16. The highest BCUT2D eigenvalue weighted by Crippen LogP contribution is 2.28. The maximum atomic E-state index is 12.8. The number of hydrogen-bond donors (Lipinski definition) is 1. The van der Waals surface area contributed by atoms with Crippen LogP contribution in [0.5, 0.6) is 0 Å². The van der Waals surface area contributed by atoms with E-state index in [-0.39, 0.29) is 18.0 Å². The zero-order chi connectivity index (χ0) is 18.3. The number of carbonyl (C=O) groups excluding carboxylic acids is 1. The maximum absolute atomic E-state index is 12.8. The van der Waals surface area contributed by atoms with Gasteiger partial charge >= 0.3 is 0 Å². The Hall–Kier alpha value is -2.45. The van der Waals surface area contributed by atoms with Gasteiger partial charge in [-0.25, -0.2) is 4.68 Å². The third kappa shape index (κ3) is 2.95. The van der Waals surface area contributed by atoms with E-state index >= 15 is 0 Å². The highest BCUT2D eigenvalue weighted by molar-refractivity contribution is 7.19. The molecule has 4 aromatic rings. The largest absolute Gasteiger partial charge is 0.350 e. The summed E-state index contributed by atoms with van der Waals surface area (Å²) in [5, 5.41) is 9.26. The van der Waals surface area contributed by atoms with E-state index in [0.29, 0.717) is 18.5 Å². The summed E-state index contributed by atoms with van der Waals surface area (Å²) in [5.74, 6) is 0.557. The molecule has 0 saturated carbocycles. The Kier molecular flexibility index (Phi) is 4.37. The van der Waals surface area contributed by atoms with Gasteiger partial charge < -0.3 is 5.32 Å². The molecular formula is C18H18N4O2S2. The standard InChI is InChI=1S/C18H18N4O2S2/c1-3-16-20-21(10-17(23)19-9-12-5-4-6-25-12)18(24)14-8-15-13(22(14)16)7-11(2)26-15/h4-8H,3,9-10H2,1-2H3,(H,19,23). The number of amides is 1. The van der Waals surface area contributed by atoms with E-state index in [0.717, 1.165) is 20.9 Å². The van der Waals surface area contributed by atoms with Crippen molar-refractivity contribution in [2.24, 2.45) is 0 Å². The number of thiophene rings is 2. The summed E-state index contributed by atoms with van der Waals surface area (Å²) >= 11 is 3.24. The summed E-state index contributed by atoms with van der Waals surface area (Å²) in [6.45, 7) is 4.44. The average molecular weight is 387 g/mol. The van der Waals surface area contributed by atoms with E-state index in [4.69, 9.17) is 0 Å². The predicted molar refractivity (Wildman–Crippen MR) is 105 cm³/mol. The minimum atomic E-state index is -0.241.